The van der Waals surface area contributed by atoms with Crippen molar-refractivity contribution in [2.45, 2.75) is 67.7 Å². The van der Waals surface area contributed by atoms with Crippen LogP contribution in [0.4, 0.5) is 0 Å². The van der Waals surface area contributed by atoms with Gasteiger partial charge in [-0.15, -0.1) is 11.8 Å². The highest BCUT2D eigenvalue weighted by atomic mass is 32.2. The lowest BCUT2D eigenvalue weighted by atomic mass is 9.99. The molecule has 1 aliphatic heterocycles. The summed E-state index contributed by atoms with van der Waals surface area (Å²) >= 11 is 1.70. The van der Waals surface area contributed by atoms with E-state index in [9.17, 15) is 8.42 Å². The minimum absolute atomic E-state index is 0.0123. The molecular weight excluding hydrogens is 376 g/mol. The summed E-state index contributed by atoms with van der Waals surface area (Å²) in [7, 11) is -3.54. The number of aromatic nitrogens is 1. The summed E-state index contributed by atoms with van der Waals surface area (Å²) < 4.78 is 28.5. The van der Waals surface area contributed by atoms with Crippen LogP contribution in [0.15, 0.2) is 52.5 Å². The zero-order valence-corrected chi connectivity index (χ0v) is 18.1. The molecule has 1 fully saturated rings. The van der Waals surface area contributed by atoms with Crippen LogP contribution in [0.5, 0.6) is 0 Å². The molecule has 0 aliphatic carbocycles. The maximum atomic E-state index is 13.4. The Bertz CT molecular complexity index is 887. The number of pyridine rings is 1. The van der Waals surface area contributed by atoms with Gasteiger partial charge in [0.2, 0.25) is 10.0 Å². The van der Waals surface area contributed by atoms with Crippen molar-refractivity contribution < 1.29 is 8.42 Å². The number of sulfonamides is 1. The van der Waals surface area contributed by atoms with Gasteiger partial charge in [0.25, 0.3) is 0 Å². The van der Waals surface area contributed by atoms with Crippen molar-refractivity contribution >= 4 is 21.8 Å². The lowest BCUT2D eigenvalue weighted by Crippen LogP contribution is -2.38. The number of benzene rings is 1. The molecule has 0 unspecified atom stereocenters. The number of piperidine rings is 1. The van der Waals surface area contributed by atoms with Gasteiger partial charge in [-0.2, -0.15) is 4.31 Å². The third-order valence-electron chi connectivity index (χ3n) is 4.64. The number of thioether (sulfide) groups is 1. The predicted molar refractivity (Wildman–Crippen MR) is 112 cm³/mol. The number of hydrogen-bond acceptors (Lipinski definition) is 4. The Labute approximate surface area is 167 Å². The first-order chi connectivity index (χ1) is 12.7. The van der Waals surface area contributed by atoms with Gasteiger partial charge in [0.15, 0.2) is 0 Å². The lowest BCUT2D eigenvalue weighted by molar-refractivity contribution is 0.252. The van der Waals surface area contributed by atoms with Gasteiger partial charge < -0.3 is 0 Å². The van der Waals surface area contributed by atoms with Crippen LogP contribution in [0.25, 0.3) is 0 Å². The standard InChI is InChI=1S/C21H28N2O2S2/c1-16-10-12-17(13-11-16)27(24,25)23-15-6-5-9-19(23)18-8-7-14-22-20(18)26-21(2,3)4/h7-8,10-14,19H,5-6,9,15H2,1-4H3/t19-/m1/s1. The normalized spacial score (nSPS) is 19.2. The zero-order valence-electron chi connectivity index (χ0n) is 16.5. The SMILES string of the molecule is Cc1ccc(S(=O)(=O)N2CCCC[C@@H]2c2cccnc2SC(C)(C)C)cc1. The molecule has 1 atom stereocenters. The molecule has 0 bridgehead atoms. The number of hydrogen-bond donors (Lipinski definition) is 0. The minimum Gasteiger partial charge on any atom is -0.250 e. The van der Waals surface area contributed by atoms with E-state index in [-0.39, 0.29) is 10.8 Å². The predicted octanol–water partition coefficient (Wildman–Crippen LogP) is 5.20. The van der Waals surface area contributed by atoms with Gasteiger partial charge in [0.05, 0.1) is 10.9 Å². The molecule has 1 aliphatic rings. The molecule has 0 saturated carbocycles. The van der Waals surface area contributed by atoms with E-state index in [0.717, 1.165) is 35.4 Å². The van der Waals surface area contributed by atoms with E-state index < -0.39 is 10.0 Å². The fourth-order valence-electron chi connectivity index (χ4n) is 3.38. The first-order valence-electron chi connectivity index (χ1n) is 9.41. The van der Waals surface area contributed by atoms with Crippen molar-refractivity contribution in [3.05, 3.63) is 53.7 Å². The van der Waals surface area contributed by atoms with E-state index >= 15 is 0 Å². The summed E-state index contributed by atoms with van der Waals surface area (Å²) in [6, 6.07) is 10.9. The highest BCUT2D eigenvalue weighted by Crippen LogP contribution is 2.41. The van der Waals surface area contributed by atoms with E-state index in [1.54, 1.807) is 34.4 Å². The highest BCUT2D eigenvalue weighted by Gasteiger charge is 2.36. The average Bonchev–Trinajstić information content (AvgIpc) is 2.61. The van der Waals surface area contributed by atoms with Gasteiger partial charge in [-0.1, -0.05) is 51.0 Å². The fraction of sp³-hybridized carbons (Fsp3) is 0.476. The Hall–Kier alpha value is -1.37. The number of aryl methyl sites for hydroxylation is 1. The van der Waals surface area contributed by atoms with E-state index in [4.69, 9.17) is 0 Å². The highest BCUT2D eigenvalue weighted by molar-refractivity contribution is 8.00. The molecule has 4 nitrogen and oxygen atoms in total. The summed E-state index contributed by atoms with van der Waals surface area (Å²) in [5.74, 6) is 0. The molecule has 0 radical (unpaired) electrons. The smallest absolute Gasteiger partial charge is 0.243 e. The molecule has 2 aromatic rings. The Balaban J connectivity index is 2.01. The summed E-state index contributed by atoms with van der Waals surface area (Å²) in [6.07, 6.45) is 4.54. The van der Waals surface area contributed by atoms with E-state index in [1.807, 2.05) is 31.2 Å². The van der Waals surface area contributed by atoms with E-state index in [1.165, 1.54) is 0 Å². The van der Waals surface area contributed by atoms with Crippen molar-refractivity contribution in [3.63, 3.8) is 0 Å². The molecule has 1 aromatic heterocycles. The molecule has 0 spiro atoms. The fourth-order valence-corrected chi connectivity index (χ4v) is 6.07. The summed E-state index contributed by atoms with van der Waals surface area (Å²) in [6.45, 7) is 8.97. The molecule has 27 heavy (non-hydrogen) atoms. The maximum absolute atomic E-state index is 13.4. The largest absolute Gasteiger partial charge is 0.250 e. The molecular formula is C21H28N2O2S2. The summed E-state index contributed by atoms with van der Waals surface area (Å²) in [5.41, 5.74) is 2.08. The monoisotopic (exact) mass is 404 g/mol. The molecule has 1 saturated heterocycles. The zero-order chi connectivity index (χ0) is 19.7. The van der Waals surface area contributed by atoms with Crippen LogP contribution in [0.3, 0.4) is 0 Å². The van der Waals surface area contributed by atoms with Crippen molar-refractivity contribution in [2.75, 3.05) is 6.54 Å². The van der Waals surface area contributed by atoms with Gasteiger partial charge in [0, 0.05) is 23.1 Å². The van der Waals surface area contributed by atoms with Gasteiger partial charge >= 0.3 is 0 Å². The molecule has 1 aromatic carbocycles. The van der Waals surface area contributed by atoms with Crippen LogP contribution in [0, 0.1) is 6.92 Å². The molecule has 146 valence electrons. The maximum Gasteiger partial charge on any atom is 0.243 e. The van der Waals surface area contributed by atoms with Crippen LogP contribution in [-0.4, -0.2) is 29.0 Å². The minimum atomic E-state index is -3.54. The van der Waals surface area contributed by atoms with Crippen molar-refractivity contribution in [1.82, 2.24) is 9.29 Å². The quantitative estimate of drug-likeness (QED) is 0.658. The van der Waals surface area contributed by atoms with Crippen LogP contribution >= 0.6 is 11.8 Å². The van der Waals surface area contributed by atoms with Crippen molar-refractivity contribution in [2.24, 2.45) is 0 Å². The number of rotatable bonds is 4. The first kappa shape index (κ1) is 20.4. The second-order valence-electron chi connectivity index (χ2n) is 8.05. The van der Waals surface area contributed by atoms with Crippen molar-refractivity contribution in [1.29, 1.82) is 0 Å². The first-order valence-corrected chi connectivity index (χ1v) is 11.7. The second-order valence-corrected chi connectivity index (χ2v) is 11.8. The summed E-state index contributed by atoms with van der Waals surface area (Å²) in [5, 5.41) is 0.931. The van der Waals surface area contributed by atoms with Gasteiger partial charge in [-0.25, -0.2) is 13.4 Å². The lowest BCUT2D eigenvalue weighted by Gasteiger charge is -2.36. The molecule has 3 rings (SSSR count). The Morgan fingerprint density at radius 2 is 1.81 bits per heavy atom. The molecule has 2 heterocycles. The Morgan fingerprint density at radius 1 is 1.11 bits per heavy atom. The topological polar surface area (TPSA) is 50.3 Å². The van der Waals surface area contributed by atoms with Gasteiger partial charge in [-0.3, -0.25) is 0 Å². The summed E-state index contributed by atoms with van der Waals surface area (Å²) in [4.78, 5) is 4.95. The van der Waals surface area contributed by atoms with Crippen LogP contribution in [0.2, 0.25) is 0 Å². The van der Waals surface area contributed by atoms with Gasteiger partial charge in [0.1, 0.15) is 5.03 Å². The third-order valence-corrected chi connectivity index (χ3v) is 7.71. The van der Waals surface area contributed by atoms with Crippen LogP contribution in [0.1, 0.15) is 57.2 Å². The third kappa shape index (κ3) is 4.73. The Kier molecular flexibility index (Phi) is 5.99. The molecule has 0 N–H and O–H groups in total. The second kappa shape index (κ2) is 7.94. The van der Waals surface area contributed by atoms with Crippen LogP contribution < -0.4 is 0 Å². The van der Waals surface area contributed by atoms with Crippen molar-refractivity contribution in [3.8, 4) is 0 Å². The molecule has 0 amide bonds. The average molecular weight is 405 g/mol. The van der Waals surface area contributed by atoms with Gasteiger partial charge in [-0.05, 0) is 38.0 Å². The van der Waals surface area contributed by atoms with Crippen LogP contribution in [-0.2, 0) is 10.0 Å². The Morgan fingerprint density at radius 3 is 2.48 bits per heavy atom. The molecule has 6 heteroatoms. The van der Waals surface area contributed by atoms with E-state index in [2.05, 4.69) is 25.8 Å². The van der Waals surface area contributed by atoms with E-state index in [0.29, 0.717) is 11.4 Å². The number of nitrogens with zero attached hydrogens (tertiary/aromatic N) is 2.